The van der Waals surface area contributed by atoms with Gasteiger partial charge in [0.2, 0.25) is 0 Å². The van der Waals surface area contributed by atoms with Gasteiger partial charge in [0.25, 0.3) is 5.91 Å². The molecule has 9 heteroatoms. The summed E-state index contributed by atoms with van der Waals surface area (Å²) in [5.41, 5.74) is 8.17. The Hall–Kier alpha value is -4.01. The summed E-state index contributed by atoms with van der Waals surface area (Å²) < 4.78 is 1.49. The van der Waals surface area contributed by atoms with Crippen molar-refractivity contribution in [3.8, 4) is 16.9 Å². The molecule has 2 aromatic carbocycles. The summed E-state index contributed by atoms with van der Waals surface area (Å²) in [7, 11) is 0. The Bertz CT molecular complexity index is 1370. The van der Waals surface area contributed by atoms with Gasteiger partial charge in [-0.15, -0.1) is 0 Å². The van der Waals surface area contributed by atoms with Gasteiger partial charge in [-0.3, -0.25) is 9.59 Å². The first-order valence-electron chi connectivity index (χ1n) is 11.0. The summed E-state index contributed by atoms with van der Waals surface area (Å²) in [6.07, 6.45) is -0.143. The van der Waals surface area contributed by atoms with Crippen LogP contribution in [0, 0.1) is 0 Å². The van der Waals surface area contributed by atoms with Crippen molar-refractivity contribution in [2.75, 3.05) is 11.1 Å². The van der Waals surface area contributed by atoms with Crippen LogP contribution >= 0.6 is 11.6 Å². The molecule has 1 amide bonds. The Morgan fingerprint density at radius 3 is 2.57 bits per heavy atom. The summed E-state index contributed by atoms with van der Waals surface area (Å²) in [6.45, 7) is 1.62. The number of ketones is 1. The maximum atomic E-state index is 13.3. The zero-order valence-electron chi connectivity index (χ0n) is 19.0. The van der Waals surface area contributed by atoms with Gasteiger partial charge >= 0.3 is 0 Å². The number of nitrogen functional groups attached to an aromatic ring is 1. The number of para-hydroxylation sites is 1. The van der Waals surface area contributed by atoms with Crippen LogP contribution in [0.1, 0.15) is 40.6 Å². The molecule has 2 heterocycles. The van der Waals surface area contributed by atoms with Crippen molar-refractivity contribution >= 4 is 34.9 Å². The minimum atomic E-state index is -0.599. The van der Waals surface area contributed by atoms with Crippen molar-refractivity contribution in [3.05, 3.63) is 89.1 Å². The highest BCUT2D eigenvalue weighted by Gasteiger charge is 2.20. The number of amides is 1. The van der Waals surface area contributed by atoms with Crippen LogP contribution in [0.2, 0.25) is 5.02 Å². The fraction of sp³-hybridized carbons (Fsp3) is 0.154. The van der Waals surface area contributed by atoms with Crippen molar-refractivity contribution in [3.63, 3.8) is 0 Å². The third-order valence-electron chi connectivity index (χ3n) is 5.30. The fourth-order valence-electron chi connectivity index (χ4n) is 3.49. The molecule has 4 aromatic rings. The second kappa shape index (κ2) is 10.5. The normalized spacial score (nSPS) is 11.7. The highest BCUT2D eigenvalue weighted by Crippen LogP contribution is 2.26. The summed E-state index contributed by atoms with van der Waals surface area (Å²) in [4.78, 5) is 30.2. The molecule has 2 aromatic heterocycles. The van der Waals surface area contributed by atoms with Crippen LogP contribution in [-0.4, -0.2) is 37.7 Å². The molecule has 0 aliphatic heterocycles. The molecule has 0 bridgehead atoms. The number of rotatable bonds is 8. The Labute approximate surface area is 207 Å². The van der Waals surface area contributed by atoms with E-state index in [4.69, 9.17) is 17.3 Å². The molecule has 0 aliphatic rings. The first-order chi connectivity index (χ1) is 16.8. The number of aliphatic hydroxyl groups excluding tert-OH is 1. The Balaban J connectivity index is 1.67. The Kier molecular flexibility index (Phi) is 7.24. The lowest BCUT2D eigenvalue weighted by molar-refractivity contribution is 0.0943. The first-order valence-corrected chi connectivity index (χ1v) is 11.4. The van der Waals surface area contributed by atoms with E-state index in [1.165, 1.54) is 10.7 Å². The van der Waals surface area contributed by atoms with Crippen LogP contribution < -0.4 is 11.1 Å². The largest absolute Gasteiger partial charge is 0.393 e. The maximum Gasteiger partial charge on any atom is 0.258 e. The standard InChI is InChI=1S/C26H24ClN5O3/c1-16(33)10-13-23(34)22-15-25(32(31-22)18-6-3-2-4-7-18)30-26(35)19-14-17(11-12-20(19)27)21-8-5-9-24(28)29-21/h2-9,11-12,14-16,33H,10,13H2,1H3,(H2,28,29)(H,30,35)/t16-/m0/s1. The number of benzene rings is 2. The van der Waals surface area contributed by atoms with Crippen molar-refractivity contribution < 1.29 is 14.7 Å². The SMILES string of the molecule is C[C@H](O)CCC(=O)c1cc(NC(=O)c2cc(-c3cccc(N)n3)ccc2Cl)n(-c2ccccc2)n1. The molecule has 35 heavy (non-hydrogen) atoms. The second-order valence-corrected chi connectivity index (χ2v) is 8.48. The van der Waals surface area contributed by atoms with E-state index in [0.717, 1.165) is 0 Å². The number of aromatic nitrogens is 3. The van der Waals surface area contributed by atoms with E-state index in [2.05, 4.69) is 15.4 Å². The minimum Gasteiger partial charge on any atom is -0.393 e. The number of Topliss-reactive ketones (excluding diaryl/α,β-unsaturated/α-hetero) is 1. The van der Waals surface area contributed by atoms with Gasteiger partial charge in [0.1, 0.15) is 17.3 Å². The number of hydrogen-bond acceptors (Lipinski definition) is 6. The van der Waals surface area contributed by atoms with Gasteiger partial charge < -0.3 is 16.2 Å². The summed E-state index contributed by atoms with van der Waals surface area (Å²) in [5.74, 6) is -0.0298. The van der Waals surface area contributed by atoms with Crippen LogP contribution in [0.15, 0.2) is 72.8 Å². The predicted molar refractivity (Wildman–Crippen MR) is 136 cm³/mol. The average Bonchev–Trinajstić information content (AvgIpc) is 3.27. The Morgan fingerprint density at radius 1 is 1.09 bits per heavy atom. The number of hydrogen-bond donors (Lipinski definition) is 3. The number of aliphatic hydroxyl groups is 1. The fourth-order valence-corrected chi connectivity index (χ4v) is 3.70. The van der Waals surface area contributed by atoms with Crippen LogP contribution in [0.3, 0.4) is 0 Å². The van der Waals surface area contributed by atoms with Gasteiger partial charge in [-0.05, 0) is 49.7 Å². The topological polar surface area (TPSA) is 123 Å². The lowest BCUT2D eigenvalue weighted by atomic mass is 10.1. The monoisotopic (exact) mass is 489 g/mol. The molecule has 1 atom stereocenters. The Morgan fingerprint density at radius 2 is 1.86 bits per heavy atom. The third-order valence-corrected chi connectivity index (χ3v) is 5.63. The van der Waals surface area contributed by atoms with Gasteiger partial charge in [0.05, 0.1) is 28.1 Å². The van der Waals surface area contributed by atoms with E-state index in [1.807, 2.05) is 30.3 Å². The quantitative estimate of drug-likeness (QED) is 0.306. The van der Waals surface area contributed by atoms with Crippen molar-refractivity contribution in [2.45, 2.75) is 25.9 Å². The molecule has 0 spiro atoms. The third kappa shape index (κ3) is 5.74. The smallest absolute Gasteiger partial charge is 0.258 e. The molecule has 0 fully saturated rings. The van der Waals surface area contributed by atoms with E-state index >= 15 is 0 Å². The lowest BCUT2D eigenvalue weighted by Crippen LogP contribution is -2.15. The summed E-state index contributed by atoms with van der Waals surface area (Å²) >= 11 is 6.35. The average molecular weight is 490 g/mol. The van der Waals surface area contributed by atoms with Gasteiger partial charge in [-0.25, -0.2) is 9.67 Å². The molecular formula is C26H24ClN5O3. The molecule has 178 valence electrons. The van der Waals surface area contributed by atoms with E-state index in [1.54, 1.807) is 43.3 Å². The number of carbonyl (C=O) groups is 2. The maximum absolute atomic E-state index is 13.3. The van der Waals surface area contributed by atoms with E-state index in [0.29, 0.717) is 35.0 Å². The predicted octanol–water partition coefficient (Wildman–Crippen LogP) is 4.77. The second-order valence-electron chi connectivity index (χ2n) is 8.07. The number of carbonyl (C=O) groups excluding carboxylic acids is 2. The van der Waals surface area contributed by atoms with Gasteiger partial charge in [-0.2, -0.15) is 5.10 Å². The molecule has 0 radical (unpaired) electrons. The van der Waals surface area contributed by atoms with Crippen molar-refractivity contribution in [1.82, 2.24) is 14.8 Å². The number of nitrogens with two attached hydrogens (primary N) is 1. The van der Waals surface area contributed by atoms with Gasteiger partial charge in [0, 0.05) is 18.1 Å². The number of pyridine rings is 1. The highest BCUT2D eigenvalue weighted by atomic mass is 35.5. The number of anilines is 2. The molecule has 8 nitrogen and oxygen atoms in total. The molecule has 0 saturated carbocycles. The first kappa shape index (κ1) is 24.1. The molecule has 4 rings (SSSR count). The number of nitrogens with zero attached hydrogens (tertiary/aromatic N) is 3. The lowest BCUT2D eigenvalue weighted by Gasteiger charge is -2.11. The van der Waals surface area contributed by atoms with E-state index in [9.17, 15) is 14.7 Å². The van der Waals surface area contributed by atoms with Crippen molar-refractivity contribution in [1.29, 1.82) is 0 Å². The zero-order chi connectivity index (χ0) is 24.9. The molecular weight excluding hydrogens is 466 g/mol. The van der Waals surface area contributed by atoms with Gasteiger partial charge in [-0.1, -0.05) is 41.9 Å². The zero-order valence-corrected chi connectivity index (χ0v) is 19.7. The highest BCUT2D eigenvalue weighted by molar-refractivity contribution is 6.34. The van der Waals surface area contributed by atoms with E-state index in [-0.39, 0.29) is 28.5 Å². The minimum absolute atomic E-state index is 0.137. The van der Waals surface area contributed by atoms with Crippen LogP contribution in [-0.2, 0) is 0 Å². The number of nitrogens with one attached hydrogen (secondary N) is 1. The molecule has 0 aliphatic carbocycles. The van der Waals surface area contributed by atoms with Gasteiger partial charge in [0.15, 0.2) is 5.78 Å². The van der Waals surface area contributed by atoms with Crippen LogP contribution in [0.4, 0.5) is 11.6 Å². The number of halogens is 1. The van der Waals surface area contributed by atoms with Crippen LogP contribution in [0.5, 0.6) is 0 Å². The molecule has 0 unspecified atom stereocenters. The van der Waals surface area contributed by atoms with E-state index < -0.39 is 12.0 Å². The summed E-state index contributed by atoms with van der Waals surface area (Å²) in [5, 5.41) is 17.0. The van der Waals surface area contributed by atoms with Crippen LogP contribution in [0.25, 0.3) is 16.9 Å². The molecule has 4 N–H and O–H groups in total. The molecule has 0 saturated heterocycles. The summed E-state index contributed by atoms with van der Waals surface area (Å²) in [6, 6.07) is 20.9. The van der Waals surface area contributed by atoms with Crippen molar-refractivity contribution in [2.24, 2.45) is 0 Å².